The quantitative estimate of drug-likeness (QED) is 0.744. The highest BCUT2D eigenvalue weighted by molar-refractivity contribution is 6.04. The van der Waals surface area contributed by atoms with Crippen LogP contribution in [0, 0.1) is 6.92 Å². The van der Waals surface area contributed by atoms with Crippen LogP contribution < -0.4 is 15.4 Å². The molecule has 0 spiro atoms. The SMILES string of the molecule is Cc1ccc(NC(=O)c2n[nH]c3c2CNCC3)c(OCC(=O)N(C)C)c1. The van der Waals surface area contributed by atoms with Crippen LogP contribution >= 0.6 is 0 Å². The maximum absolute atomic E-state index is 12.7. The number of rotatable bonds is 5. The third-order valence-electron chi connectivity index (χ3n) is 4.26. The number of nitrogens with zero attached hydrogens (tertiary/aromatic N) is 2. The average Bonchev–Trinajstić information content (AvgIpc) is 3.05. The lowest BCUT2D eigenvalue weighted by atomic mass is 10.1. The van der Waals surface area contributed by atoms with Crippen LogP contribution in [0.25, 0.3) is 0 Å². The molecule has 0 saturated heterocycles. The van der Waals surface area contributed by atoms with Gasteiger partial charge >= 0.3 is 0 Å². The van der Waals surface area contributed by atoms with Crippen molar-refractivity contribution in [3.05, 3.63) is 40.7 Å². The van der Waals surface area contributed by atoms with Gasteiger partial charge in [-0.3, -0.25) is 14.7 Å². The van der Waals surface area contributed by atoms with Crippen LogP contribution in [0.1, 0.15) is 27.3 Å². The number of H-pyrrole nitrogens is 1. The van der Waals surface area contributed by atoms with Gasteiger partial charge in [0.25, 0.3) is 11.8 Å². The first-order chi connectivity index (χ1) is 12.5. The Morgan fingerprint density at radius 1 is 1.35 bits per heavy atom. The van der Waals surface area contributed by atoms with Gasteiger partial charge in [0, 0.05) is 44.9 Å². The van der Waals surface area contributed by atoms with Crippen molar-refractivity contribution in [2.75, 3.05) is 32.6 Å². The number of likely N-dealkylation sites (N-methyl/N-ethyl adjacent to an activating group) is 1. The Kier molecular flexibility index (Phi) is 5.22. The first-order valence-corrected chi connectivity index (χ1v) is 8.47. The van der Waals surface area contributed by atoms with Gasteiger partial charge in [-0.2, -0.15) is 5.10 Å². The second-order valence-electron chi connectivity index (χ2n) is 6.49. The minimum Gasteiger partial charge on any atom is -0.482 e. The van der Waals surface area contributed by atoms with E-state index in [4.69, 9.17) is 4.74 Å². The Balaban J connectivity index is 1.77. The maximum atomic E-state index is 12.7. The van der Waals surface area contributed by atoms with Crippen molar-refractivity contribution in [1.29, 1.82) is 0 Å². The molecule has 8 nitrogen and oxygen atoms in total. The van der Waals surface area contributed by atoms with Crippen molar-refractivity contribution < 1.29 is 14.3 Å². The number of aromatic amines is 1. The van der Waals surface area contributed by atoms with Crippen LogP contribution in [0.5, 0.6) is 5.75 Å². The lowest BCUT2D eigenvalue weighted by molar-refractivity contribution is -0.130. The summed E-state index contributed by atoms with van der Waals surface area (Å²) >= 11 is 0. The van der Waals surface area contributed by atoms with Crippen molar-refractivity contribution in [3.63, 3.8) is 0 Å². The summed E-state index contributed by atoms with van der Waals surface area (Å²) in [5.41, 5.74) is 3.74. The summed E-state index contributed by atoms with van der Waals surface area (Å²) in [6, 6.07) is 5.43. The molecule has 1 aliphatic heterocycles. The third-order valence-corrected chi connectivity index (χ3v) is 4.26. The summed E-state index contributed by atoms with van der Waals surface area (Å²) in [6.07, 6.45) is 0.821. The number of hydrogen-bond acceptors (Lipinski definition) is 5. The monoisotopic (exact) mass is 357 g/mol. The summed E-state index contributed by atoms with van der Waals surface area (Å²) in [6.45, 7) is 3.30. The number of carbonyl (C=O) groups excluding carboxylic acids is 2. The fourth-order valence-corrected chi connectivity index (χ4v) is 2.72. The van der Waals surface area contributed by atoms with Crippen LogP contribution in [0.3, 0.4) is 0 Å². The van der Waals surface area contributed by atoms with Gasteiger partial charge in [0.05, 0.1) is 5.69 Å². The minimum atomic E-state index is -0.307. The normalized spacial score (nSPS) is 13.0. The van der Waals surface area contributed by atoms with Crippen LogP contribution in [-0.4, -0.2) is 54.2 Å². The van der Waals surface area contributed by atoms with Crippen LogP contribution in [0.15, 0.2) is 18.2 Å². The van der Waals surface area contributed by atoms with Gasteiger partial charge in [0.15, 0.2) is 12.3 Å². The maximum Gasteiger partial charge on any atom is 0.276 e. The average molecular weight is 357 g/mol. The molecule has 2 heterocycles. The zero-order chi connectivity index (χ0) is 18.7. The molecule has 0 atom stereocenters. The first-order valence-electron chi connectivity index (χ1n) is 8.47. The highest BCUT2D eigenvalue weighted by Gasteiger charge is 2.22. The minimum absolute atomic E-state index is 0.0962. The molecule has 2 aromatic rings. The molecule has 0 radical (unpaired) electrons. The molecule has 0 bridgehead atoms. The fourth-order valence-electron chi connectivity index (χ4n) is 2.72. The molecule has 2 amide bonds. The molecule has 1 aromatic carbocycles. The topological polar surface area (TPSA) is 99.4 Å². The molecule has 0 saturated carbocycles. The molecular weight excluding hydrogens is 334 g/mol. The van der Waals surface area contributed by atoms with Crippen LogP contribution in [-0.2, 0) is 17.8 Å². The van der Waals surface area contributed by atoms with E-state index in [9.17, 15) is 9.59 Å². The van der Waals surface area contributed by atoms with Gasteiger partial charge in [-0.05, 0) is 24.6 Å². The van der Waals surface area contributed by atoms with E-state index >= 15 is 0 Å². The number of hydrogen-bond donors (Lipinski definition) is 3. The molecule has 3 rings (SSSR count). The van der Waals surface area contributed by atoms with Gasteiger partial charge in [-0.25, -0.2) is 0 Å². The number of anilines is 1. The Morgan fingerprint density at radius 3 is 2.92 bits per heavy atom. The van der Waals surface area contributed by atoms with E-state index < -0.39 is 0 Å². The number of amides is 2. The molecular formula is C18H23N5O3. The molecule has 1 aromatic heterocycles. The van der Waals surface area contributed by atoms with E-state index in [1.807, 2.05) is 13.0 Å². The molecule has 8 heteroatoms. The van der Waals surface area contributed by atoms with Crippen LogP contribution in [0.4, 0.5) is 5.69 Å². The van der Waals surface area contributed by atoms with E-state index in [-0.39, 0.29) is 18.4 Å². The molecule has 0 fully saturated rings. The van der Waals surface area contributed by atoms with E-state index in [0.717, 1.165) is 29.8 Å². The molecule has 1 aliphatic rings. The summed E-state index contributed by atoms with van der Waals surface area (Å²) in [5, 5.41) is 13.2. The molecule has 3 N–H and O–H groups in total. The van der Waals surface area contributed by atoms with E-state index in [1.54, 1.807) is 26.2 Å². The van der Waals surface area contributed by atoms with Gasteiger partial charge in [0.2, 0.25) is 0 Å². The number of fused-ring (bicyclic) bond motifs is 1. The fraction of sp³-hybridized carbons (Fsp3) is 0.389. The Morgan fingerprint density at radius 2 is 2.15 bits per heavy atom. The number of carbonyl (C=O) groups is 2. The lowest BCUT2D eigenvalue weighted by Crippen LogP contribution is -2.28. The van der Waals surface area contributed by atoms with E-state index in [0.29, 0.717) is 23.7 Å². The van der Waals surface area contributed by atoms with Gasteiger partial charge in [-0.1, -0.05) is 6.07 Å². The Hall–Kier alpha value is -2.87. The first kappa shape index (κ1) is 17.9. The second-order valence-corrected chi connectivity index (χ2v) is 6.49. The summed E-state index contributed by atoms with van der Waals surface area (Å²) < 4.78 is 5.63. The standard InChI is InChI=1S/C18H23N5O3/c1-11-4-5-14(15(8-11)26-10-16(24)23(2)3)20-18(25)17-12-9-19-7-6-13(12)21-22-17/h4-5,8,19H,6-7,9-10H2,1-3H3,(H,20,25)(H,21,22). The predicted molar refractivity (Wildman–Crippen MR) is 97.3 cm³/mol. The lowest BCUT2D eigenvalue weighted by Gasteiger charge is -2.16. The smallest absolute Gasteiger partial charge is 0.276 e. The number of benzene rings is 1. The van der Waals surface area contributed by atoms with Gasteiger partial charge < -0.3 is 20.3 Å². The van der Waals surface area contributed by atoms with Crippen molar-refractivity contribution in [2.45, 2.75) is 19.9 Å². The van der Waals surface area contributed by atoms with Crippen LogP contribution in [0.2, 0.25) is 0 Å². The zero-order valence-corrected chi connectivity index (χ0v) is 15.2. The number of aryl methyl sites for hydroxylation is 1. The Labute approximate surface area is 151 Å². The van der Waals surface area contributed by atoms with E-state index in [1.165, 1.54) is 4.90 Å². The highest BCUT2D eigenvalue weighted by atomic mass is 16.5. The summed E-state index contributed by atoms with van der Waals surface area (Å²) in [4.78, 5) is 25.9. The molecule has 138 valence electrons. The van der Waals surface area contributed by atoms with Crippen molar-refractivity contribution in [1.82, 2.24) is 20.4 Å². The summed E-state index contributed by atoms with van der Waals surface area (Å²) in [5.74, 6) is -0.00820. The van der Waals surface area contributed by atoms with Gasteiger partial charge in [-0.15, -0.1) is 0 Å². The van der Waals surface area contributed by atoms with E-state index in [2.05, 4.69) is 20.8 Å². The number of ether oxygens (including phenoxy) is 1. The number of aromatic nitrogens is 2. The highest BCUT2D eigenvalue weighted by Crippen LogP contribution is 2.27. The molecule has 0 unspecified atom stereocenters. The Bertz CT molecular complexity index is 828. The molecule has 0 aliphatic carbocycles. The largest absolute Gasteiger partial charge is 0.482 e. The molecule has 26 heavy (non-hydrogen) atoms. The van der Waals surface area contributed by atoms with Crippen molar-refractivity contribution >= 4 is 17.5 Å². The predicted octanol–water partition coefficient (Wildman–Crippen LogP) is 1.08. The van der Waals surface area contributed by atoms with Crippen molar-refractivity contribution in [2.24, 2.45) is 0 Å². The second kappa shape index (κ2) is 7.57. The van der Waals surface area contributed by atoms with Gasteiger partial charge in [0.1, 0.15) is 5.75 Å². The number of nitrogens with one attached hydrogen (secondary N) is 3. The third kappa shape index (κ3) is 3.85. The van der Waals surface area contributed by atoms with Crippen molar-refractivity contribution in [3.8, 4) is 5.75 Å². The summed E-state index contributed by atoms with van der Waals surface area (Å²) in [7, 11) is 3.33. The zero-order valence-electron chi connectivity index (χ0n) is 15.2.